The number of ether oxygens (including phenoxy) is 1. The predicted octanol–water partition coefficient (Wildman–Crippen LogP) is 3.97. The standard InChI is InChI=1S/C19H25N3O2/c1-19(2,3)15-7-9-17(10-8-15)24-13-5-12-21-18(23)22-16-6-4-11-20-14-16/h4,6-11,14H,5,12-13H2,1-3H3,(H2,21,22,23). The SMILES string of the molecule is CC(C)(C)c1ccc(OCCCNC(=O)Nc2cccnc2)cc1. The van der Waals surface area contributed by atoms with Crippen LogP contribution in [0.3, 0.4) is 0 Å². The van der Waals surface area contributed by atoms with Crippen LogP contribution in [0.5, 0.6) is 5.75 Å². The minimum absolute atomic E-state index is 0.143. The van der Waals surface area contributed by atoms with Gasteiger partial charge in [-0.05, 0) is 41.7 Å². The summed E-state index contributed by atoms with van der Waals surface area (Å²) in [6, 6.07) is 11.5. The Morgan fingerprint density at radius 3 is 2.54 bits per heavy atom. The van der Waals surface area contributed by atoms with Crippen LogP contribution in [0.25, 0.3) is 0 Å². The molecule has 0 fully saturated rings. The molecule has 0 saturated carbocycles. The lowest BCUT2D eigenvalue weighted by Crippen LogP contribution is -2.30. The van der Waals surface area contributed by atoms with Crippen molar-refractivity contribution < 1.29 is 9.53 Å². The van der Waals surface area contributed by atoms with Gasteiger partial charge < -0.3 is 15.4 Å². The third kappa shape index (κ3) is 5.91. The molecule has 2 aromatic rings. The minimum atomic E-state index is -0.238. The number of nitrogens with one attached hydrogen (secondary N) is 2. The molecule has 0 aliphatic heterocycles. The minimum Gasteiger partial charge on any atom is -0.494 e. The number of hydrogen-bond donors (Lipinski definition) is 2. The zero-order chi connectivity index (χ0) is 17.4. The monoisotopic (exact) mass is 327 g/mol. The maximum absolute atomic E-state index is 11.7. The molecule has 2 amide bonds. The molecule has 1 aromatic carbocycles. The maximum Gasteiger partial charge on any atom is 0.319 e. The summed E-state index contributed by atoms with van der Waals surface area (Å²) >= 11 is 0. The first kappa shape index (κ1) is 17.8. The van der Waals surface area contributed by atoms with Gasteiger partial charge in [-0.1, -0.05) is 32.9 Å². The third-order valence-electron chi connectivity index (χ3n) is 3.52. The second kappa shape index (κ2) is 8.34. The number of amides is 2. The Balaban J connectivity index is 1.63. The number of anilines is 1. The van der Waals surface area contributed by atoms with Gasteiger partial charge in [0.25, 0.3) is 0 Å². The fraction of sp³-hybridized carbons (Fsp3) is 0.368. The first-order valence-corrected chi connectivity index (χ1v) is 8.13. The summed E-state index contributed by atoms with van der Waals surface area (Å²) in [5, 5.41) is 5.51. The molecule has 5 nitrogen and oxygen atoms in total. The van der Waals surface area contributed by atoms with Crippen LogP contribution in [0.2, 0.25) is 0 Å². The van der Waals surface area contributed by atoms with Crippen LogP contribution in [-0.4, -0.2) is 24.2 Å². The van der Waals surface area contributed by atoms with Crippen LogP contribution in [0.15, 0.2) is 48.8 Å². The molecule has 5 heteroatoms. The molecular weight excluding hydrogens is 302 g/mol. The molecule has 0 aliphatic carbocycles. The van der Waals surface area contributed by atoms with Gasteiger partial charge in [-0.15, -0.1) is 0 Å². The van der Waals surface area contributed by atoms with E-state index in [2.05, 4.69) is 48.5 Å². The molecule has 0 spiro atoms. The molecule has 2 N–H and O–H groups in total. The molecule has 1 heterocycles. The molecule has 128 valence electrons. The van der Waals surface area contributed by atoms with Crippen molar-refractivity contribution in [2.45, 2.75) is 32.6 Å². The highest BCUT2D eigenvalue weighted by molar-refractivity contribution is 5.88. The molecule has 0 unspecified atom stereocenters. The topological polar surface area (TPSA) is 63.2 Å². The highest BCUT2D eigenvalue weighted by Crippen LogP contribution is 2.24. The van der Waals surface area contributed by atoms with Crippen molar-refractivity contribution in [1.82, 2.24) is 10.3 Å². The Kier molecular flexibility index (Phi) is 6.18. The lowest BCUT2D eigenvalue weighted by Gasteiger charge is -2.19. The highest BCUT2D eigenvalue weighted by atomic mass is 16.5. The molecule has 24 heavy (non-hydrogen) atoms. The second-order valence-corrected chi connectivity index (χ2v) is 6.60. The smallest absolute Gasteiger partial charge is 0.319 e. The molecule has 0 saturated heterocycles. The molecule has 2 rings (SSSR count). The van der Waals surface area contributed by atoms with Crippen molar-refractivity contribution >= 4 is 11.7 Å². The quantitative estimate of drug-likeness (QED) is 0.789. The molecule has 0 radical (unpaired) electrons. The number of pyridine rings is 1. The van der Waals surface area contributed by atoms with Crippen LogP contribution in [0.4, 0.5) is 10.5 Å². The van der Waals surface area contributed by atoms with Crippen molar-refractivity contribution in [2.24, 2.45) is 0 Å². The van der Waals surface area contributed by atoms with Crippen LogP contribution in [-0.2, 0) is 5.41 Å². The van der Waals surface area contributed by atoms with E-state index in [9.17, 15) is 4.79 Å². The summed E-state index contributed by atoms with van der Waals surface area (Å²) in [5.41, 5.74) is 2.10. The first-order chi connectivity index (χ1) is 11.4. The zero-order valence-electron chi connectivity index (χ0n) is 14.5. The van der Waals surface area contributed by atoms with Crippen molar-refractivity contribution in [3.8, 4) is 5.75 Å². The van der Waals surface area contributed by atoms with Crippen LogP contribution in [0, 0.1) is 0 Å². The molecule has 0 bridgehead atoms. The average molecular weight is 327 g/mol. The van der Waals surface area contributed by atoms with E-state index < -0.39 is 0 Å². The number of hydrogen-bond acceptors (Lipinski definition) is 3. The molecule has 0 aliphatic rings. The van der Waals surface area contributed by atoms with E-state index in [4.69, 9.17) is 4.74 Å². The normalized spacial score (nSPS) is 11.0. The van der Waals surface area contributed by atoms with Gasteiger partial charge in [0.2, 0.25) is 0 Å². The molecular formula is C19H25N3O2. The van der Waals surface area contributed by atoms with Crippen molar-refractivity contribution in [3.63, 3.8) is 0 Å². The number of carbonyl (C=O) groups is 1. The van der Waals surface area contributed by atoms with Gasteiger partial charge >= 0.3 is 6.03 Å². The second-order valence-electron chi connectivity index (χ2n) is 6.60. The summed E-state index contributed by atoms with van der Waals surface area (Å²) in [4.78, 5) is 15.6. The average Bonchev–Trinajstić information content (AvgIpc) is 2.55. The molecule has 0 atom stereocenters. The van der Waals surface area contributed by atoms with E-state index in [0.717, 1.165) is 12.2 Å². The summed E-state index contributed by atoms with van der Waals surface area (Å²) in [5.74, 6) is 0.850. The number of rotatable bonds is 6. The van der Waals surface area contributed by atoms with Gasteiger partial charge in [-0.3, -0.25) is 4.98 Å². The van der Waals surface area contributed by atoms with Crippen molar-refractivity contribution in [3.05, 3.63) is 54.4 Å². The number of benzene rings is 1. The van der Waals surface area contributed by atoms with Gasteiger partial charge in [0, 0.05) is 12.7 Å². The Morgan fingerprint density at radius 1 is 1.17 bits per heavy atom. The van der Waals surface area contributed by atoms with Crippen LogP contribution >= 0.6 is 0 Å². The number of carbonyl (C=O) groups excluding carboxylic acids is 1. The number of aromatic nitrogens is 1. The van der Waals surface area contributed by atoms with E-state index in [1.807, 2.05) is 12.1 Å². The summed E-state index contributed by atoms with van der Waals surface area (Å²) in [6.07, 6.45) is 4.00. The first-order valence-electron chi connectivity index (χ1n) is 8.13. The van der Waals surface area contributed by atoms with Crippen LogP contribution < -0.4 is 15.4 Å². The largest absolute Gasteiger partial charge is 0.494 e. The summed E-state index contributed by atoms with van der Waals surface area (Å²) < 4.78 is 5.69. The summed E-state index contributed by atoms with van der Waals surface area (Å²) in [7, 11) is 0. The fourth-order valence-corrected chi connectivity index (χ4v) is 2.13. The number of nitrogens with zero attached hydrogens (tertiary/aromatic N) is 1. The Labute approximate surface area is 143 Å². The van der Waals surface area contributed by atoms with Crippen molar-refractivity contribution in [2.75, 3.05) is 18.5 Å². The van der Waals surface area contributed by atoms with Gasteiger partial charge in [0.15, 0.2) is 0 Å². The maximum atomic E-state index is 11.7. The summed E-state index contributed by atoms with van der Waals surface area (Å²) in [6.45, 7) is 7.66. The van der Waals surface area contributed by atoms with Gasteiger partial charge in [-0.25, -0.2) is 4.79 Å². The highest BCUT2D eigenvalue weighted by Gasteiger charge is 2.12. The zero-order valence-corrected chi connectivity index (χ0v) is 14.5. The fourth-order valence-electron chi connectivity index (χ4n) is 2.13. The predicted molar refractivity (Wildman–Crippen MR) is 96.5 cm³/mol. The lowest BCUT2D eigenvalue weighted by molar-refractivity contribution is 0.250. The van der Waals surface area contributed by atoms with Gasteiger partial charge in [0.1, 0.15) is 5.75 Å². The van der Waals surface area contributed by atoms with E-state index in [0.29, 0.717) is 18.8 Å². The van der Waals surface area contributed by atoms with E-state index >= 15 is 0 Å². The van der Waals surface area contributed by atoms with E-state index in [1.165, 1.54) is 5.56 Å². The van der Waals surface area contributed by atoms with Crippen molar-refractivity contribution in [1.29, 1.82) is 0 Å². The Bertz CT molecular complexity index is 634. The van der Waals surface area contributed by atoms with Crippen LogP contribution in [0.1, 0.15) is 32.8 Å². The van der Waals surface area contributed by atoms with Gasteiger partial charge in [-0.2, -0.15) is 0 Å². The Hall–Kier alpha value is -2.56. The van der Waals surface area contributed by atoms with E-state index in [1.54, 1.807) is 24.5 Å². The van der Waals surface area contributed by atoms with E-state index in [-0.39, 0.29) is 11.4 Å². The Morgan fingerprint density at radius 2 is 1.92 bits per heavy atom. The number of urea groups is 1. The third-order valence-corrected chi connectivity index (χ3v) is 3.52. The molecule has 1 aromatic heterocycles. The van der Waals surface area contributed by atoms with Gasteiger partial charge in [0.05, 0.1) is 18.5 Å². The lowest BCUT2D eigenvalue weighted by atomic mass is 9.87.